The molecule has 0 unspecified atom stereocenters. The zero-order chi connectivity index (χ0) is 13.0. The van der Waals surface area contributed by atoms with Crippen LogP contribution >= 0.6 is 0 Å². The molecule has 0 radical (unpaired) electrons. The first-order chi connectivity index (χ1) is 8.70. The summed E-state index contributed by atoms with van der Waals surface area (Å²) in [5.74, 6) is 0. The molecule has 1 atom stereocenters. The standard InChI is InChI=1S/C14H20N2O2/c1-11(17)14-4-3-13(9-15-14)16-7-5-12(6-8-16)10-18-2/h3-5,9,11,17H,6-8,10H2,1-2H3/t11-/m0/s1. The van der Waals surface area contributed by atoms with E-state index < -0.39 is 6.10 Å². The van der Waals surface area contributed by atoms with Crippen molar-refractivity contribution in [2.45, 2.75) is 19.4 Å². The van der Waals surface area contributed by atoms with Crippen LogP contribution in [0.5, 0.6) is 0 Å². The monoisotopic (exact) mass is 248 g/mol. The predicted molar refractivity (Wildman–Crippen MR) is 71.7 cm³/mol. The molecule has 98 valence electrons. The van der Waals surface area contributed by atoms with Crippen molar-refractivity contribution in [1.29, 1.82) is 0 Å². The van der Waals surface area contributed by atoms with Gasteiger partial charge in [0.2, 0.25) is 0 Å². The largest absolute Gasteiger partial charge is 0.387 e. The zero-order valence-corrected chi connectivity index (χ0v) is 11.0. The van der Waals surface area contributed by atoms with Crippen LogP contribution in [0.15, 0.2) is 30.0 Å². The van der Waals surface area contributed by atoms with Gasteiger partial charge in [0.25, 0.3) is 0 Å². The Kier molecular flexibility index (Phi) is 4.33. The molecule has 1 aliphatic rings. The van der Waals surface area contributed by atoms with Gasteiger partial charge in [-0.1, -0.05) is 6.08 Å². The van der Waals surface area contributed by atoms with Gasteiger partial charge in [-0.3, -0.25) is 4.98 Å². The highest BCUT2D eigenvalue weighted by Crippen LogP contribution is 2.20. The number of pyridine rings is 1. The van der Waals surface area contributed by atoms with Crippen LogP contribution in [0, 0.1) is 0 Å². The van der Waals surface area contributed by atoms with E-state index in [1.165, 1.54) is 5.57 Å². The van der Waals surface area contributed by atoms with Gasteiger partial charge in [-0.15, -0.1) is 0 Å². The van der Waals surface area contributed by atoms with Crippen molar-refractivity contribution in [2.75, 3.05) is 31.7 Å². The second-order valence-corrected chi connectivity index (χ2v) is 4.61. The van der Waals surface area contributed by atoms with Crippen LogP contribution in [0.4, 0.5) is 5.69 Å². The molecule has 4 nitrogen and oxygen atoms in total. The Balaban J connectivity index is 2.01. The minimum Gasteiger partial charge on any atom is -0.387 e. The van der Waals surface area contributed by atoms with E-state index in [9.17, 15) is 5.11 Å². The fraction of sp³-hybridized carbons (Fsp3) is 0.500. The summed E-state index contributed by atoms with van der Waals surface area (Å²) < 4.78 is 5.14. The van der Waals surface area contributed by atoms with Crippen LogP contribution < -0.4 is 4.90 Å². The SMILES string of the molecule is COCC1=CCN(c2ccc([C@H](C)O)nc2)CC1. The van der Waals surface area contributed by atoms with Crippen molar-refractivity contribution >= 4 is 5.69 Å². The maximum absolute atomic E-state index is 9.42. The maximum Gasteiger partial charge on any atom is 0.0931 e. The molecule has 2 rings (SSSR count). The Morgan fingerprint density at radius 2 is 2.33 bits per heavy atom. The van der Waals surface area contributed by atoms with E-state index in [0.29, 0.717) is 5.69 Å². The third-order valence-corrected chi connectivity index (χ3v) is 3.20. The van der Waals surface area contributed by atoms with E-state index >= 15 is 0 Å². The summed E-state index contributed by atoms with van der Waals surface area (Å²) in [5.41, 5.74) is 3.18. The summed E-state index contributed by atoms with van der Waals surface area (Å²) in [6.45, 7) is 4.34. The van der Waals surface area contributed by atoms with E-state index in [-0.39, 0.29) is 0 Å². The van der Waals surface area contributed by atoms with Crippen LogP contribution in [-0.4, -0.2) is 36.9 Å². The smallest absolute Gasteiger partial charge is 0.0931 e. The number of nitrogens with zero attached hydrogens (tertiary/aromatic N) is 2. The minimum absolute atomic E-state index is 0.506. The molecule has 0 amide bonds. The quantitative estimate of drug-likeness (QED) is 0.827. The van der Waals surface area contributed by atoms with Gasteiger partial charge >= 0.3 is 0 Å². The van der Waals surface area contributed by atoms with Crippen LogP contribution in [0.25, 0.3) is 0 Å². The number of aromatic nitrogens is 1. The van der Waals surface area contributed by atoms with Crippen LogP contribution in [-0.2, 0) is 4.74 Å². The number of aliphatic hydroxyl groups excluding tert-OH is 1. The third-order valence-electron chi connectivity index (χ3n) is 3.20. The molecule has 1 aromatic heterocycles. The molecule has 0 spiro atoms. The van der Waals surface area contributed by atoms with Crippen molar-refractivity contribution in [3.8, 4) is 0 Å². The molecule has 1 N–H and O–H groups in total. The van der Waals surface area contributed by atoms with Gasteiger partial charge in [0, 0.05) is 20.2 Å². The Hall–Kier alpha value is -1.39. The lowest BCUT2D eigenvalue weighted by molar-refractivity contribution is 0.194. The van der Waals surface area contributed by atoms with Gasteiger partial charge in [-0.2, -0.15) is 0 Å². The third kappa shape index (κ3) is 3.09. The first-order valence-electron chi connectivity index (χ1n) is 6.26. The van der Waals surface area contributed by atoms with Gasteiger partial charge in [0.1, 0.15) is 0 Å². The molecule has 0 aliphatic carbocycles. The van der Waals surface area contributed by atoms with Crippen LogP contribution in [0.1, 0.15) is 25.1 Å². The number of hydrogen-bond acceptors (Lipinski definition) is 4. The lowest BCUT2D eigenvalue weighted by Crippen LogP contribution is -2.29. The fourth-order valence-electron chi connectivity index (χ4n) is 2.09. The molecule has 0 aromatic carbocycles. The number of anilines is 1. The summed E-state index contributed by atoms with van der Waals surface area (Å²) in [4.78, 5) is 6.55. The van der Waals surface area contributed by atoms with Gasteiger partial charge in [-0.05, 0) is 31.1 Å². The summed E-state index contributed by atoms with van der Waals surface area (Å²) >= 11 is 0. The molecule has 0 saturated carbocycles. The van der Waals surface area contributed by atoms with Gasteiger partial charge in [0.15, 0.2) is 0 Å². The van der Waals surface area contributed by atoms with E-state index in [2.05, 4.69) is 16.0 Å². The minimum atomic E-state index is -0.506. The average Bonchev–Trinajstić information content (AvgIpc) is 2.40. The normalized spacial score (nSPS) is 17.5. The Labute approximate surface area is 108 Å². The average molecular weight is 248 g/mol. The van der Waals surface area contributed by atoms with Crippen LogP contribution in [0.3, 0.4) is 0 Å². The number of ether oxygens (including phenoxy) is 1. The van der Waals surface area contributed by atoms with Crippen molar-refractivity contribution in [1.82, 2.24) is 4.98 Å². The predicted octanol–water partition coefficient (Wildman–Crippen LogP) is 1.92. The molecular weight excluding hydrogens is 228 g/mol. The van der Waals surface area contributed by atoms with Gasteiger partial charge in [0.05, 0.1) is 30.3 Å². The number of hydrogen-bond donors (Lipinski definition) is 1. The Bertz CT molecular complexity index is 412. The molecule has 4 heteroatoms. The summed E-state index contributed by atoms with van der Waals surface area (Å²) in [7, 11) is 1.73. The number of aliphatic hydroxyl groups is 1. The second-order valence-electron chi connectivity index (χ2n) is 4.61. The molecule has 1 aromatic rings. The fourth-order valence-corrected chi connectivity index (χ4v) is 2.09. The molecule has 2 heterocycles. The van der Waals surface area contributed by atoms with E-state index in [0.717, 1.165) is 31.8 Å². The van der Waals surface area contributed by atoms with Gasteiger partial charge < -0.3 is 14.7 Å². The highest BCUT2D eigenvalue weighted by molar-refractivity contribution is 5.46. The summed E-state index contributed by atoms with van der Waals surface area (Å²) in [5, 5.41) is 9.42. The number of methoxy groups -OCH3 is 1. The Morgan fingerprint density at radius 3 is 2.83 bits per heavy atom. The second kappa shape index (κ2) is 5.98. The van der Waals surface area contributed by atoms with E-state index in [1.807, 2.05) is 18.3 Å². The lowest BCUT2D eigenvalue weighted by atomic mass is 10.1. The van der Waals surface area contributed by atoms with E-state index in [4.69, 9.17) is 4.74 Å². The topological polar surface area (TPSA) is 45.6 Å². The lowest BCUT2D eigenvalue weighted by Gasteiger charge is -2.28. The van der Waals surface area contributed by atoms with Crippen LogP contribution in [0.2, 0.25) is 0 Å². The summed E-state index contributed by atoms with van der Waals surface area (Å²) in [6, 6.07) is 3.90. The van der Waals surface area contributed by atoms with Crippen molar-refractivity contribution in [2.24, 2.45) is 0 Å². The molecule has 0 fully saturated rings. The highest BCUT2D eigenvalue weighted by atomic mass is 16.5. The number of rotatable bonds is 4. The van der Waals surface area contributed by atoms with E-state index in [1.54, 1.807) is 14.0 Å². The van der Waals surface area contributed by atoms with Crippen molar-refractivity contribution in [3.63, 3.8) is 0 Å². The summed E-state index contributed by atoms with van der Waals surface area (Å²) in [6.07, 6.45) is 4.58. The maximum atomic E-state index is 9.42. The van der Waals surface area contributed by atoms with Crippen molar-refractivity contribution in [3.05, 3.63) is 35.7 Å². The Morgan fingerprint density at radius 1 is 1.50 bits per heavy atom. The highest BCUT2D eigenvalue weighted by Gasteiger charge is 2.12. The first kappa shape index (κ1) is 13.1. The molecule has 0 bridgehead atoms. The molecular formula is C14H20N2O2. The first-order valence-corrected chi connectivity index (χ1v) is 6.26. The molecule has 0 saturated heterocycles. The van der Waals surface area contributed by atoms with Gasteiger partial charge in [-0.25, -0.2) is 0 Å². The zero-order valence-electron chi connectivity index (χ0n) is 11.0. The molecule has 18 heavy (non-hydrogen) atoms. The van der Waals surface area contributed by atoms with Crippen molar-refractivity contribution < 1.29 is 9.84 Å². The molecule has 1 aliphatic heterocycles.